The van der Waals surface area contributed by atoms with Crippen molar-refractivity contribution in [3.8, 4) is 0 Å². The van der Waals surface area contributed by atoms with E-state index >= 15 is 0 Å². The van der Waals surface area contributed by atoms with Crippen molar-refractivity contribution in [3.63, 3.8) is 0 Å². The molecule has 0 aliphatic carbocycles. The monoisotopic (exact) mass is 381 g/mol. The average molecular weight is 381 g/mol. The standard InChI is InChI=1S/4C4H10N.Nb/c1-4(2,3)5;3*1-3-5-4-2;/h5H,1-3H3;3*3-4H2,1-2H3;/q4*-1;. The fourth-order valence-corrected chi connectivity index (χ4v) is 0.671. The minimum atomic E-state index is -0.250. The van der Waals surface area contributed by atoms with Crippen LogP contribution in [0.2, 0.25) is 0 Å². The van der Waals surface area contributed by atoms with E-state index in [0.717, 1.165) is 39.3 Å². The molecule has 0 unspecified atom stereocenters. The maximum Gasteiger partial charge on any atom is 0 e. The van der Waals surface area contributed by atoms with Crippen LogP contribution in [0.25, 0.3) is 21.7 Å². The Hall–Kier alpha value is 0.580. The van der Waals surface area contributed by atoms with Crippen molar-refractivity contribution in [1.82, 2.24) is 0 Å². The second kappa shape index (κ2) is 32.5. The molecule has 0 aromatic rings. The van der Waals surface area contributed by atoms with Gasteiger partial charge in [-0.1, -0.05) is 62.3 Å². The van der Waals surface area contributed by atoms with Gasteiger partial charge in [0.05, 0.1) is 0 Å². The average Bonchev–Trinajstić information content (AvgIpc) is 2.31. The summed E-state index contributed by atoms with van der Waals surface area (Å²) in [4.78, 5) is 0. The van der Waals surface area contributed by atoms with E-state index in [0.29, 0.717) is 0 Å². The number of nitrogens with zero attached hydrogens (tertiary/aromatic N) is 3. The molecular formula is C16H40N4Nb-4. The first-order valence-corrected chi connectivity index (χ1v) is 7.89. The van der Waals surface area contributed by atoms with E-state index < -0.39 is 0 Å². The van der Waals surface area contributed by atoms with Crippen LogP contribution < -0.4 is 0 Å². The Labute approximate surface area is 151 Å². The van der Waals surface area contributed by atoms with E-state index in [2.05, 4.69) is 16.0 Å². The molecule has 1 N–H and O–H groups in total. The maximum absolute atomic E-state index is 6.94. The van der Waals surface area contributed by atoms with Crippen LogP contribution in [0, 0.1) is 0 Å². The number of hydrogen-bond acceptors (Lipinski definition) is 0. The third-order valence-electron chi connectivity index (χ3n) is 1.34. The molecule has 0 saturated heterocycles. The van der Waals surface area contributed by atoms with Crippen molar-refractivity contribution in [1.29, 1.82) is 0 Å². The van der Waals surface area contributed by atoms with Gasteiger partial charge in [-0.2, -0.15) is 39.3 Å². The Morgan fingerprint density at radius 1 is 0.571 bits per heavy atom. The minimum Gasteiger partial charge on any atom is -0.673 e. The second-order valence-electron chi connectivity index (χ2n) is 4.82. The molecule has 0 aromatic carbocycles. The molecule has 5 heteroatoms. The van der Waals surface area contributed by atoms with Crippen molar-refractivity contribution in [3.05, 3.63) is 21.7 Å². The van der Waals surface area contributed by atoms with Crippen molar-refractivity contribution < 1.29 is 22.4 Å². The summed E-state index contributed by atoms with van der Waals surface area (Å²) >= 11 is 0. The Morgan fingerprint density at radius 2 is 0.667 bits per heavy atom. The summed E-state index contributed by atoms with van der Waals surface area (Å²) in [7, 11) is 0. The summed E-state index contributed by atoms with van der Waals surface area (Å²) < 4.78 is 0. The molecule has 0 rings (SSSR count). The van der Waals surface area contributed by atoms with Gasteiger partial charge < -0.3 is 21.7 Å². The van der Waals surface area contributed by atoms with Crippen LogP contribution in [0.15, 0.2) is 0 Å². The first-order chi connectivity index (χ1) is 9.24. The van der Waals surface area contributed by atoms with Gasteiger partial charge in [-0.3, -0.25) is 0 Å². The van der Waals surface area contributed by atoms with Crippen LogP contribution >= 0.6 is 0 Å². The Bertz CT molecular complexity index is 102. The first kappa shape index (κ1) is 33.2. The van der Waals surface area contributed by atoms with Crippen LogP contribution in [-0.2, 0) is 22.4 Å². The van der Waals surface area contributed by atoms with Gasteiger partial charge in [0.1, 0.15) is 0 Å². The van der Waals surface area contributed by atoms with Gasteiger partial charge in [-0.05, 0) is 0 Å². The molecule has 1 radical (unpaired) electrons. The Balaban J connectivity index is -0.0000000533. The Morgan fingerprint density at radius 3 is 0.667 bits per heavy atom. The van der Waals surface area contributed by atoms with Gasteiger partial charge in [0.2, 0.25) is 0 Å². The van der Waals surface area contributed by atoms with Gasteiger partial charge >= 0.3 is 0 Å². The van der Waals surface area contributed by atoms with Gasteiger partial charge in [0.15, 0.2) is 0 Å². The molecule has 0 saturated carbocycles. The van der Waals surface area contributed by atoms with Crippen molar-refractivity contribution in [2.75, 3.05) is 39.3 Å². The predicted octanol–water partition coefficient (Wildman–Crippen LogP) is 6.03. The number of rotatable bonds is 6. The fourth-order valence-electron chi connectivity index (χ4n) is 0.671. The molecule has 0 atom stereocenters. The largest absolute Gasteiger partial charge is 0.673 e. The third kappa shape index (κ3) is 164. The zero-order valence-electron chi connectivity index (χ0n) is 16.0. The number of nitrogens with one attached hydrogen (secondary N) is 1. The molecular weight excluding hydrogens is 341 g/mol. The van der Waals surface area contributed by atoms with Crippen molar-refractivity contribution in [2.24, 2.45) is 0 Å². The van der Waals surface area contributed by atoms with Gasteiger partial charge in [0.25, 0.3) is 0 Å². The normalized spacial score (nSPS) is 8.86. The quantitative estimate of drug-likeness (QED) is 0.504. The minimum absolute atomic E-state index is 0. The molecule has 0 aliphatic rings. The van der Waals surface area contributed by atoms with Crippen molar-refractivity contribution >= 4 is 0 Å². The van der Waals surface area contributed by atoms with Gasteiger partial charge in [-0.15, -0.1) is 5.54 Å². The van der Waals surface area contributed by atoms with Gasteiger partial charge in [0, 0.05) is 22.4 Å². The smallest absolute Gasteiger partial charge is 0 e. The molecule has 0 bridgehead atoms. The molecule has 4 nitrogen and oxygen atoms in total. The third-order valence-corrected chi connectivity index (χ3v) is 1.34. The van der Waals surface area contributed by atoms with E-state index in [4.69, 9.17) is 5.73 Å². The number of hydrogen-bond donors (Lipinski definition) is 0. The fraction of sp³-hybridized carbons (Fsp3) is 1.00. The van der Waals surface area contributed by atoms with E-state index in [1.165, 1.54) is 0 Å². The predicted molar refractivity (Wildman–Crippen MR) is 97.4 cm³/mol. The second-order valence-corrected chi connectivity index (χ2v) is 4.82. The van der Waals surface area contributed by atoms with Gasteiger partial charge in [-0.25, -0.2) is 0 Å². The van der Waals surface area contributed by atoms with E-state index in [1.54, 1.807) is 0 Å². The van der Waals surface area contributed by atoms with Crippen LogP contribution in [0.3, 0.4) is 0 Å². The van der Waals surface area contributed by atoms with Crippen LogP contribution in [0.1, 0.15) is 62.3 Å². The summed E-state index contributed by atoms with van der Waals surface area (Å²) in [6, 6.07) is 0. The van der Waals surface area contributed by atoms with E-state index in [-0.39, 0.29) is 27.9 Å². The SMILES string of the molecule is CC(C)(C)[NH-].CC[N-]CC.CC[N-]CC.CC[N-]CC.[Nb]. The molecule has 0 heterocycles. The molecule has 0 amide bonds. The van der Waals surface area contributed by atoms with Crippen LogP contribution in [-0.4, -0.2) is 44.8 Å². The molecule has 0 spiro atoms. The summed E-state index contributed by atoms with van der Waals surface area (Å²) in [6.07, 6.45) is 0. The molecule has 0 aliphatic heterocycles. The van der Waals surface area contributed by atoms with E-state index in [1.807, 2.05) is 62.3 Å². The topological polar surface area (TPSA) is 66.1 Å². The summed E-state index contributed by atoms with van der Waals surface area (Å²) in [5.41, 5.74) is 6.69. The molecule has 0 fully saturated rings. The van der Waals surface area contributed by atoms with E-state index in [9.17, 15) is 0 Å². The molecule has 0 aromatic heterocycles. The zero-order valence-corrected chi connectivity index (χ0v) is 18.2. The summed E-state index contributed by atoms with van der Waals surface area (Å²) in [6.45, 7) is 23.6. The summed E-state index contributed by atoms with van der Waals surface area (Å²) in [5, 5.41) is 11.9. The van der Waals surface area contributed by atoms with Crippen LogP contribution in [0.4, 0.5) is 0 Å². The van der Waals surface area contributed by atoms with Crippen LogP contribution in [0.5, 0.6) is 0 Å². The molecule has 133 valence electrons. The zero-order chi connectivity index (χ0) is 16.9. The maximum atomic E-state index is 6.94. The first-order valence-electron chi connectivity index (χ1n) is 7.89. The van der Waals surface area contributed by atoms with Crippen molar-refractivity contribution in [2.45, 2.75) is 67.9 Å². The Kier molecular flexibility index (Phi) is 51.5. The summed E-state index contributed by atoms with van der Waals surface area (Å²) in [5.74, 6) is 0. The molecule has 21 heavy (non-hydrogen) atoms.